The van der Waals surface area contributed by atoms with E-state index in [0.29, 0.717) is 16.9 Å². The van der Waals surface area contributed by atoms with E-state index < -0.39 is 11.7 Å². The summed E-state index contributed by atoms with van der Waals surface area (Å²) in [6.45, 7) is 5.69. The van der Waals surface area contributed by atoms with E-state index in [1.165, 1.54) is 11.0 Å². The van der Waals surface area contributed by atoms with Crippen LogP contribution in [0.1, 0.15) is 33.6 Å². The van der Waals surface area contributed by atoms with Crippen molar-refractivity contribution < 1.29 is 22.8 Å². The first kappa shape index (κ1) is 22.9. The highest BCUT2D eigenvalue weighted by molar-refractivity contribution is 8.18. The Morgan fingerprint density at radius 1 is 0.970 bits per heavy atom. The number of hydrogen-bond acceptors (Lipinski definition) is 3. The van der Waals surface area contributed by atoms with Crippen LogP contribution in [-0.4, -0.2) is 20.6 Å². The lowest BCUT2D eigenvalue weighted by Gasteiger charge is -2.13. The Morgan fingerprint density at radius 2 is 1.70 bits per heavy atom. The Balaban J connectivity index is 1.64. The van der Waals surface area contributed by atoms with Gasteiger partial charge in [0.1, 0.15) is 0 Å². The molecule has 3 aromatic rings. The molecule has 2 heterocycles. The summed E-state index contributed by atoms with van der Waals surface area (Å²) in [5, 5.41) is -0.348. The number of hydrogen-bond donors (Lipinski definition) is 0. The molecule has 1 saturated heterocycles. The SMILES string of the molecule is Cc1cccc(CN2C(=O)S/C(=C\c3cc(C)n(-c4cccc(C(F)(F)F)c4)c3C)C2=O)c1. The zero-order valence-corrected chi connectivity index (χ0v) is 19.1. The minimum Gasteiger partial charge on any atom is -0.318 e. The van der Waals surface area contributed by atoms with Crippen LogP contribution in [0.5, 0.6) is 0 Å². The predicted octanol–water partition coefficient (Wildman–Crippen LogP) is 6.66. The second-order valence-electron chi connectivity index (χ2n) is 7.97. The molecule has 1 aliphatic rings. The highest BCUT2D eigenvalue weighted by Crippen LogP contribution is 2.35. The summed E-state index contributed by atoms with van der Waals surface area (Å²) in [5.41, 5.74) is 3.62. The number of alkyl halides is 3. The minimum absolute atomic E-state index is 0.187. The topological polar surface area (TPSA) is 42.3 Å². The fourth-order valence-corrected chi connectivity index (χ4v) is 4.75. The van der Waals surface area contributed by atoms with Crippen LogP contribution in [0.4, 0.5) is 18.0 Å². The van der Waals surface area contributed by atoms with Gasteiger partial charge in [-0.3, -0.25) is 14.5 Å². The van der Waals surface area contributed by atoms with E-state index in [9.17, 15) is 22.8 Å². The third-order valence-electron chi connectivity index (χ3n) is 5.49. The Hall–Kier alpha value is -3.26. The molecule has 1 aliphatic heterocycles. The molecule has 170 valence electrons. The maximum atomic E-state index is 13.2. The van der Waals surface area contributed by atoms with Crippen molar-refractivity contribution in [1.82, 2.24) is 9.47 Å². The number of thioether (sulfide) groups is 1. The molecule has 0 N–H and O–H groups in total. The number of rotatable bonds is 4. The number of benzene rings is 2. The van der Waals surface area contributed by atoms with Crippen molar-refractivity contribution in [3.8, 4) is 5.69 Å². The molecule has 2 aromatic carbocycles. The highest BCUT2D eigenvalue weighted by atomic mass is 32.2. The molecule has 0 saturated carbocycles. The summed E-state index contributed by atoms with van der Waals surface area (Å²) in [7, 11) is 0. The first-order chi connectivity index (χ1) is 15.5. The van der Waals surface area contributed by atoms with Crippen LogP contribution in [0.25, 0.3) is 11.8 Å². The van der Waals surface area contributed by atoms with Gasteiger partial charge in [-0.25, -0.2) is 0 Å². The van der Waals surface area contributed by atoms with Gasteiger partial charge in [0.2, 0.25) is 0 Å². The second-order valence-corrected chi connectivity index (χ2v) is 8.96. The second kappa shape index (κ2) is 8.59. The van der Waals surface area contributed by atoms with E-state index in [1.54, 1.807) is 36.6 Å². The summed E-state index contributed by atoms with van der Waals surface area (Å²) in [4.78, 5) is 26.9. The minimum atomic E-state index is -4.44. The Morgan fingerprint density at radius 3 is 2.39 bits per heavy atom. The smallest absolute Gasteiger partial charge is 0.318 e. The number of aromatic nitrogens is 1. The van der Waals surface area contributed by atoms with E-state index in [4.69, 9.17) is 0 Å². The van der Waals surface area contributed by atoms with Gasteiger partial charge >= 0.3 is 6.18 Å². The Labute approximate surface area is 193 Å². The largest absolute Gasteiger partial charge is 0.416 e. The van der Waals surface area contributed by atoms with Crippen molar-refractivity contribution in [1.29, 1.82) is 0 Å². The van der Waals surface area contributed by atoms with Gasteiger partial charge < -0.3 is 4.57 Å². The molecule has 8 heteroatoms. The molecular weight excluding hydrogens is 449 g/mol. The third-order valence-corrected chi connectivity index (χ3v) is 6.39. The van der Waals surface area contributed by atoms with Crippen molar-refractivity contribution in [2.75, 3.05) is 0 Å². The summed E-state index contributed by atoms with van der Waals surface area (Å²) in [6.07, 6.45) is -2.81. The molecule has 0 radical (unpaired) electrons. The predicted molar refractivity (Wildman–Crippen MR) is 123 cm³/mol. The van der Waals surface area contributed by atoms with Gasteiger partial charge in [0.15, 0.2) is 0 Å². The van der Waals surface area contributed by atoms with Gasteiger partial charge in [-0.2, -0.15) is 13.2 Å². The number of halogens is 3. The monoisotopic (exact) mass is 470 g/mol. The van der Waals surface area contributed by atoms with Gasteiger partial charge in [0, 0.05) is 17.1 Å². The summed E-state index contributed by atoms with van der Waals surface area (Å²) in [5.74, 6) is -0.379. The molecule has 1 aromatic heterocycles. The zero-order chi connectivity index (χ0) is 23.9. The van der Waals surface area contributed by atoms with Gasteiger partial charge in [0.25, 0.3) is 11.1 Å². The quantitative estimate of drug-likeness (QED) is 0.401. The van der Waals surface area contributed by atoms with Crippen molar-refractivity contribution in [3.05, 3.63) is 93.1 Å². The number of amides is 2. The van der Waals surface area contributed by atoms with Crippen LogP contribution in [0.2, 0.25) is 0 Å². The molecule has 33 heavy (non-hydrogen) atoms. The molecule has 4 rings (SSSR count). The number of carbonyl (C=O) groups excluding carboxylic acids is 2. The standard InChI is InChI=1S/C25H21F3N2O2S/c1-15-6-4-7-18(10-15)14-29-23(31)22(33-24(29)32)12-19-11-16(2)30(17(19)3)21-9-5-8-20(13-21)25(26,27)28/h4-13H,14H2,1-3H3/b22-12-. The van der Waals surface area contributed by atoms with E-state index in [1.807, 2.05) is 31.2 Å². The fourth-order valence-electron chi connectivity index (χ4n) is 3.92. The molecule has 0 bridgehead atoms. The number of carbonyl (C=O) groups is 2. The zero-order valence-electron chi connectivity index (χ0n) is 18.2. The average molecular weight is 471 g/mol. The first-order valence-electron chi connectivity index (χ1n) is 10.2. The van der Waals surface area contributed by atoms with Crippen LogP contribution in [-0.2, 0) is 17.5 Å². The maximum Gasteiger partial charge on any atom is 0.416 e. The molecule has 1 fully saturated rings. The highest BCUT2D eigenvalue weighted by Gasteiger charge is 2.35. The Kier molecular flexibility index (Phi) is 5.97. The van der Waals surface area contributed by atoms with Crippen molar-refractivity contribution in [2.45, 2.75) is 33.5 Å². The fraction of sp³-hybridized carbons (Fsp3) is 0.200. The van der Waals surface area contributed by atoms with Gasteiger partial charge in [-0.1, -0.05) is 35.9 Å². The summed E-state index contributed by atoms with van der Waals surface area (Å²) in [6, 6.07) is 14.5. The molecular formula is C25H21F3N2O2S. The lowest BCUT2D eigenvalue weighted by Crippen LogP contribution is -2.27. The van der Waals surface area contributed by atoms with Gasteiger partial charge in [-0.15, -0.1) is 0 Å². The molecule has 0 aliphatic carbocycles. The number of aryl methyl sites for hydroxylation is 2. The van der Waals surface area contributed by atoms with Crippen molar-refractivity contribution >= 4 is 29.0 Å². The number of nitrogens with zero attached hydrogens (tertiary/aromatic N) is 2. The van der Waals surface area contributed by atoms with Crippen molar-refractivity contribution in [3.63, 3.8) is 0 Å². The normalized spacial score (nSPS) is 15.7. The van der Waals surface area contributed by atoms with Crippen LogP contribution in [0, 0.1) is 20.8 Å². The Bertz CT molecular complexity index is 1290. The lowest BCUT2D eigenvalue weighted by atomic mass is 10.1. The third kappa shape index (κ3) is 4.61. The molecule has 0 spiro atoms. The molecule has 0 unspecified atom stereocenters. The van der Waals surface area contributed by atoms with E-state index >= 15 is 0 Å². The van der Waals surface area contributed by atoms with E-state index in [2.05, 4.69) is 0 Å². The lowest BCUT2D eigenvalue weighted by molar-refractivity contribution is -0.137. The van der Waals surface area contributed by atoms with Crippen LogP contribution in [0.15, 0.2) is 59.5 Å². The maximum absolute atomic E-state index is 13.2. The number of imide groups is 1. The molecule has 0 atom stereocenters. The van der Waals surface area contributed by atoms with Crippen LogP contribution in [0.3, 0.4) is 0 Å². The molecule has 4 nitrogen and oxygen atoms in total. The van der Waals surface area contributed by atoms with E-state index in [-0.39, 0.29) is 22.6 Å². The van der Waals surface area contributed by atoms with Crippen LogP contribution >= 0.6 is 11.8 Å². The van der Waals surface area contributed by atoms with Gasteiger partial charge in [0.05, 0.1) is 17.0 Å². The van der Waals surface area contributed by atoms with Gasteiger partial charge in [-0.05, 0) is 74.0 Å². The average Bonchev–Trinajstić information content (AvgIpc) is 3.17. The summed E-state index contributed by atoms with van der Waals surface area (Å²) >= 11 is 0.866. The summed E-state index contributed by atoms with van der Waals surface area (Å²) < 4.78 is 41.2. The molecule has 2 amide bonds. The van der Waals surface area contributed by atoms with Crippen molar-refractivity contribution in [2.24, 2.45) is 0 Å². The van der Waals surface area contributed by atoms with Crippen LogP contribution < -0.4 is 0 Å². The first-order valence-corrected chi connectivity index (χ1v) is 11.0. The van der Waals surface area contributed by atoms with E-state index in [0.717, 1.165) is 40.7 Å².